The van der Waals surface area contributed by atoms with Gasteiger partial charge in [-0.05, 0) is 37.3 Å². The van der Waals surface area contributed by atoms with E-state index in [1.807, 2.05) is 11.3 Å². The Morgan fingerprint density at radius 2 is 2.29 bits per heavy atom. The third-order valence-corrected chi connectivity index (χ3v) is 4.80. The van der Waals surface area contributed by atoms with Gasteiger partial charge in [0.15, 0.2) is 0 Å². The minimum absolute atomic E-state index is 0.180. The van der Waals surface area contributed by atoms with E-state index in [1.54, 1.807) is 0 Å². The van der Waals surface area contributed by atoms with Crippen molar-refractivity contribution in [2.45, 2.75) is 45.2 Å². The molecule has 17 heavy (non-hydrogen) atoms. The van der Waals surface area contributed by atoms with Gasteiger partial charge < -0.3 is 5.73 Å². The Balaban J connectivity index is 2.02. The van der Waals surface area contributed by atoms with Crippen LogP contribution in [0.2, 0.25) is 0 Å². The zero-order chi connectivity index (χ0) is 12.3. The van der Waals surface area contributed by atoms with Crippen molar-refractivity contribution in [1.29, 1.82) is 0 Å². The highest BCUT2D eigenvalue weighted by atomic mass is 32.1. The van der Waals surface area contributed by atoms with Crippen molar-refractivity contribution in [2.75, 3.05) is 13.1 Å². The van der Waals surface area contributed by atoms with Crippen molar-refractivity contribution in [3.63, 3.8) is 0 Å². The van der Waals surface area contributed by atoms with Crippen LogP contribution in [0.5, 0.6) is 0 Å². The largest absolute Gasteiger partial charge is 0.329 e. The van der Waals surface area contributed by atoms with E-state index in [2.05, 4.69) is 36.3 Å². The van der Waals surface area contributed by atoms with E-state index < -0.39 is 0 Å². The molecule has 0 saturated heterocycles. The van der Waals surface area contributed by atoms with Crippen molar-refractivity contribution in [3.8, 4) is 0 Å². The first-order chi connectivity index (χ1) is 8.18. The van der Waals surface area contributed by atoms with Crippen molar-refractivity contribution in [2.24, 2.45) is 11.7 Å². The van der Waals surface area contributed by atoms with Gasteiger partial charge in [-0.15, -0.1) is 11.3 Å². The van der Waals surface area contributed by atoms with Gasteiger partial charge in [0.1, 0.15) is 0 Å². The predicted molar refractivity (Wildman–Crippen MR) is 75.2 cm³/mol. The number of thiophene rings is 1. The smallest absolute Gasteiger partial charge is 0.0333 e. The van der Waals surface area contributed by atoms with E-state index in [0.717, 1.165) is 25.6 Å². The van der Waals surface area contributed by atoms with Gasteiger partial charge in [0, 0.05) is 23.5 Å². The lowest BCUT2D eigenvalue weighted by molar-refractivity contribution is 0.0949. The summed E-state index contributed by atoms with van der Waals surface area (Å²) in [6.45, 7) is 7.48. The Morgan fingerprint density at radius 3 is 2.76 bits per heavy atom. The predicted octanol–water partition coefficient (Wildman–Crippen LogP) is 3.09. The van der Waals surface area contributed by atoms with Crippen LogP contribution < -0.4 is 5.73 Å². The fraction of sp³-hybridized carbons (Fsp3) is 0.714. The van der Waals surface area contributed by atoms with Gasteiger partial charge in [-0.1, -0.05) is 25.8 Å². The highest BCUT2D eigenvalue weighted by Gasteiger charge is 2.36. The lowest BCUT2D eigenvalue weighted by atomic mass is 9.92. The molecule has 0 radical (unpaired) electrons. The van der Waals surface area contributed by atoms with Crippen LogP contribution in [0.1, 0.15) is 38.0 Å². The number of rotatable bonds is 7. The molecular formula is C14H24N2S. The lowest BCUT2D eigenvalue weighted by Crippen LogP contribution is -2.51. The summed E-state index contributed by atoms with van der Waals surface area (Å²) in [7, 11) is 0. The molecule has 1 unspecified atom stereocenters. The lowest BCUT2D eigenvalue weighted by Gasteiger charge is -2.40. The van der Waals surface area contributed by atoms with Crippen LogP contribution in [-0.4, -0.2) is 23.5 Å². The molecule has 0 spiro atoms. The van der Waals surface area contributed by atoms with Crippen molar-refractivity contribution in [1.82, 2.24) is 4.90 Å². The van der Waals surface area contributed by atoms with Crippen LogP contribution >= 0.6 is 11.3 Å². The first kappa shape index (κ1) is 13.1. The first-order valence-electron chi connectivity index (χ1n) is 6.65. The second kappa shape index (κ2) is 5.51. The molecule has 2 nitrogen and oxygen atoms in total. The van der Waals surface area contributed by atoms with Crippen LogP contribution in [0.3, 0.4) is 0 Å². The maximum absolute atomic E-state index is 6.05. The van der Waals surface area contributed by atoms with Crippen LogP contribution in [0.15, 0.2) is 17.5 Å². The van der Waals surface area contributed by atoms with Gasteiger partial charge in [0.2, 0.25) is 0 Å². The zero-order valence-corrected chi connectivity index (χ0v) is 11.8. The Kier molecular flexibility index (Phi) is 4.23. The number of nitrogens with two attached hydrogens (primary N) is 1. The summed E-state index contributed by atoms with van der Waals surface area (Å²) in [5, 5.41) is 2.16. The minimum Gasteiger partial charge on any atom is -0.329 e. The van der Waals surface area contributed by atoms with Crippen molar-refractivity contribution >= 4 is 11.3 Å². The monoisotopic (exact) mass is 252 g/mol. The van der Waals surface area contributed by atoms with Crippen LogP contribution in [0.25, 0.3) is 0 Å². The highest BCUT2D eigenvalue weighted by molar-refractivity contribution is 7.09. The maximum atomic E-state index is 6.05. The van der Waals surface area contributed by atoms with E-state index in [4.69, 9.17) is 5.73 Å². The van der Waals surface area contributed by atoms with Gasteiger partial charge in [-0.2, -0.15) is 0 Å². The van der Waals surface area contributed by atoms with Gasteiger partial charge in [-0.3, -0.25) is 4.90 Å². The molecule has 0 aliphatic heterocycles. The minimum atomic E-state index is 0.180. The molecule has 1 aliphatic rings. The van der Waals surface area contributed by atoms with E-state index in [1.165, 1.54) is 24.1 Å². The second-order valence-electron chi connectivity index (χ2n) is 5.44. The summed E-state index contributed by atoms with van der Waals surface area (Å²) in [4.78, 5) is 4.00. The Morgan fingerprint density at radius 1 is 1.53 bits per heavy atom. The zero-order valence-electron chi connectivity index (χ0n) is 11.0. The van der Waals surface area contributed by atoms with Gasteiger partial charge in [0.25, 0.3) is 0 Å². The fourth-order valence-corrected chi connectivity index (χ4v) is 3.28. The average molecular weight is 252 g/mol. The second-order valence-corrected chi connectivity index (χ2v) is 6.47. The Labute approximate surface area is 109 Å². The molecule has 1 fully saturated rings. The molecule has 1 aliphatic carbocycles. The van der Waals surface area contributed by atoms with E-state index in [0.29, 0.717) is 0 Å². The topological polar surface area (TPSA) is 29.3 Å². The summed E-state index contributed by atoms with van der Waals surface area (Å²) < 4.78 is 0. The number of hydrogen-bond acceptors (Lipinski definition) is 3. The molecule has 1 atom stereocenters. The molecule has 1 aromatic heterocycles. The maximum Gasteiger partial charge on any atom is 0.0333 e. The molecular weight excluding hydrogens is 228 g/mol. The summed E-state index contributed by atoms with van der Waals surface area (Å²) >= 11 is 1.85. The van der Waals surface area contributed by atoms with Crippen LogP contribution in [-0.2, 0) is 6.54 Å². The molecule has 2 N–H and O–H groups in total. The van der Waals surface area contributed by atoms with Crippen molar-refractivity contribution < 1.29 is 0 Å². The number of nitrogens with zero attached hydrogens (tertiary/aromatic N) is 1. The van der Waals surface area contributed by atoms with Gasteiger partial charge >= 0.3 is 0 Å². The standard InChI is InChI=1S/C14H24N2S/c1-3-16(10-13-5-4-8-17-13)14(2,11-15)9-12-6-7-12/h4-5,8,12H,3,6-7,9-11,15H2,1-2H3. The molecule has 1 heterocycles. The molecule has 96 valence electrons. The first-order valence-corrected chi connectivity index (χ1v) is 7.53. The normalized spacial score (nSPS) is 19.5. The van der Waals surface area contributed by atoms with E-state index in [-0.39, 0.29) is 5.54 Å². The molecule has 2 rings (SSSR count). The third-order valence-electron chi connectivity index (χ3n) is 3.94. The fourth-order valence-electron chi connectivity index (χ4n) is 2.56. The summed E-state index contributed by atoms with van der Waals surface area (Å²) in [5.41, 5.74) is 6.23. The van der Waals surface area contributed by atoms with E-state index in [9.17, 15) is 0 Å². The average Bonchev–Trinajstić information content (AvgIpc) is 2.98. The SMILES string of the molecule is CCN(Cc1cccs1)C(C)(CN)CC1CC1. The quantitative estimate of drug-likeness (QED) is 0.808. The summed E-state index contributed by atoms with van der Waals surface area (Å²) in [5.74, 6) is 0.931. The van der Waals surface area contributed by atoms with Gasteiger partial charge in [-0.25, -0.2) is 0 Å². The summed E-state index contributed by atoms with van der Waals surface area (Å²) in [6.07, 6.45) is 4.08. The van der Waals surface area contributed by atoms with Crippen LogP contribution in [0, 0.1) is 5.92 Å². The Bertz CT molecular complexity index is 332. The molecule has 1 saturated carbocycles. The number of likely N-dealkylation sites (N-methyl/N-ethyl adjacent to an activating group) is 1. The van der Waals surface area contributed by atoms with E-state index >= 15 is 0 Å². The van der Waals surface area contributed by atoms with Crippen LogP contribution in [0.4, 0.5) is 0 Å². The Hall–Kier alpha value is -0.380. The highest BCUT2D eigenvalue weighted by Crippen LogP contribution is 2.39. The third kappa shape index (κ3) is 3.30. The molecule has 0 aromatic carbocycles. The molecule has 1 aromatic rings. The van der Waals surface area contributed by atoms with Crippen molar-refractivity contribution in [3.05, 3.63) is 22.4 Å². The molecule has 3 heteroatoms. The molecule has 0 amide bonds. The van der Waals surface area contributed by atoms with Gasteiger partial charge in [0.05, 0.1) is 0 Å². The molecule has 0 bridgehead atoms. The summed E-state index contributed by atoms with van der Waals surface area (Å²) in [6, 6.07) is 4.36. The number of hydrogen-bond donors (Lipinski definition) is 1.